The summed E-state index contributed by atoms with van der Waals surface area (Å²) in [6.45, 7) is 17.7. The molecule has 3 unspecified atom stereocenters. The van der Waals surface area contributed by atoms with Crippen LogP contribution in [0.4, 0.5) is 0 Å². The zero-order valence-electron chi connectivity index (χ0n) is 21.2. The second-order valence-electron chi connectivity index (χ2n) is 14.0. The van der Waals surface area contributed by atoms with E-state index in [1.165, 1.54) is 6.29 Å². The molecule has 4 aliphatic carbocycles. The fraction of sp³-hybridized carbons (Fsp3) is 0.920. The molecule has 5 rings (SSSR count). The highest BCUT2D eigenvalue weighted by Crippen LogP contribution is 2.78. The summed E-state index contributed by atoms with van der Waals surface area (Å²) < 4.78 is 19.9. The van der Waals surface area contributed by atoms with Crippen molar-refractivity contribution in [2.24, 2.45) is 34.5 Å². The van der Waals surface area contributed by atoms with Gasteiger partial charge in [0.15, 0.2) is 16.6 Å². The molecule has 1 spiro atoms. The van der Waals surface area contributed by atoms with E-state index in [0.717, 1.165) is 38.5 Å². The molecule has 1 saturated heterocycles. The Kier molecular flexibility index (Phi) is 4.78. The van der Waals surface area contributed by atoms with E-state index in [1.54, 1.807) is 0 Å². The molecule has 0 N–H and O–H groups in total. The third kappa shape index (κ3) is 2.86. The second-order valence-corrected chi connectivity index (χ2v) is 22.9. The lowest BCUT2D eigenvalue weighted by molar-refractivity contribution is -0.160. The van der Waals surface area contributed by atoms with Gasteiger partial charge in [-0.05, 0) is 103 Å². The summed E-state index contributed by atoms with van der Waals surface area (Å²) in [5, 5.41) is 0. The van der Waals surface area contributed by atoms with Crippen molar-refractivity contribution in [3.05, 3.63) is 0 Å². The Morgan fingerprint density at radius 1 is 1.03 bits per heavy atom. The fourth-order valence-electron chi connectivity index (χ4n) is 9.38. The van der Waals surface area contributed by atoms with Crippen molar-refractivity contribution in [1.82, 2.24) is 0 Å². The van der Waals surface area contributed by atoms with Gasteiger partial charge in [-0.3, -0.25) is 4.79 Å². The van der Waals surface area contributed by atoms with Crippen LogP contribution in [0.1, 0.15) is 52.4 Å². The van der Waals surface area contributed by atoms with Gasteiger partial charge < -0.3 is 18.4 Å². The Labute approximate surface area is 195 Å². The van der Waals surface area contributed by atoms with Crippen LogP contribution in [0.15, 0.2) is 0 Å². The summed E-state index contributed by atoms with van der Waals surface area (Å²) in [6, 6.07) is 0. The molecule has 1 aliphatic heterocycles. The highest BCUT2D eigenvalue weighted by Gasteiger charge is 2.83. The molecule has 0 radical (unpaired) electrons. The number of aldehydes is 1. The topological polar surface area (TPSA) is 61.8 Å². The fourth-order valence-corrected chi connectivity index (χ4v) is 12.2. The minimum absolute atomic E-state index is 0.0759. The van der Waals surface area contributed by atoms with Gasteiger partial charge in [0.1, 0.15) is 11.9 Å². The Balaban J connectivity index is 1.59. The lowest BCUT2D eigenvalue weighted by atomic mass is 9.59. The smallest absolute Gasteiger partial charge is 0.315 e. The van der Waals surface area contributed by atoms with Gasteiger partial charge in [0.25, 0.3) is 0 Å². The number of fused-ring (bicyclic) bond motifs is 1. The van der Waals surface area contributed by atoms with Gasteiger partial charge >= 0.3 is 5.97 Å². The van der Waals surface area contributed by atoms with Crippen molar-refractivity contribution >= 4 is 28.9 Å². The van der Waals surface area contributed by atoms with Gasteiger partial charge in [0, 0.05) is 17.8 Å². The summed E-state index contributed by atoms with van der Waals surface area (Å²) in [4.78, 5) is 26.4. The Hall–Kier alpha value is -0.506. The third-order valence-electron chi connectivity index (χ3n) is 9.82. The third-order valence-corrected chi connectivity index (χ3v) is 11.9. The number of carbonyl (C=O) groups excluding carboxylic acids is 2. The summed E-state index contributed by atoms with van der Waals surface area (Å²) in [6.07, 6.45) is 6.86. The molecule has 32 heavy (non-hydrogen) atoms. The molecule has 9 atom stereocenters. The van der Waals surface area contributed by atoms with Crippen molar-refractivity contribution in [2.45, 2.75) is 109 Å². The maximum Gasteiger partial charge on any atom is 0.315 e. The van der Waals surface area contributed by atoms with E-state index >= 15 is 0 Å². The molecule has 0 amide bonds. The largest absolute Gasteiger partial charge is 0.458 e. The minimum Gasteiger partial charge on any atom is -0.458 e. The SMILES string of the molecule is CC12C(=O)O[C@@]3(CC[C@@H]1O[Si](C)(C)C)C2[C@H](C=O)[C@@]12C[C@@H](CCC31)[C@](C)(O[Si](C)(C)C)C2. The van der Waals surface area contributed by atoms with Gasteiger partial charge in [-0.15, -0.1) is 0 Å². The zero-order chi connectivity index (χ0) is 23.5. The van der Waals surface area contributed by atoms with E-state index in [9.17, 15) is 9.59 Å². The number of hydrogen-bond donors (Lipinski definition) is 0. The number of esters is 1. The molecule has 5 fully saturated rings. The van der Waals surface area contributed by atoms with Gasteiger partial charge in [-0.2, -0.15) is 0 Å². The first-order valence-corrected chi connectivity index (χ1v) is 19.5. The van der Waals surface area contributed by atoms with Crippen LogP contribution in [-0.4, -0.2) is 46.2 Å². The van der Waals surface area contributed by atoms with Crippen LogP contribution >= 0.6 is 0 Å². The van der Waals surface area contributed by atoms with Crippen LogP contribution < -0.4 is 0 Å². The Bertz CT molecular complexity index is 848. The quantitative estimate of drug-likeness (QED) is 0.310. The molecule has 0 aromatic rings. The molecular formula is C25H42O5Si2. The molecule has 0 aromatic heterocycles. The number of hydrogen-bond acceptors (Lipinski definition) is 5. The van der Waals surface area contributed by atoms with E-state index in [1.807, 2.05) is 0 Å². The zero-order valence-corrected chi connectivity index (χ0v) is 23.2. The Morgan fingerprint density at radius 3 is 2.31 bits per heavy atom. The predicted molar refractivity (Wildman–Crippen MR) is 128 cm³/mol. The molecule has 180 valence electrons. The first kappa shape index (κ1) is 23.2. The van der Waals surface area contributed by atoms with Gasteiger partial charge in [-0.25, -0.2) is 0 Å². The second kappa shape index (κ2) is 6.58. The van der Waals surface area contributed by atoms with Crippen molar-refractivity contribution < 1.29 is 23.2 Å². The predicted octanol–water partition coefficient (Wildman–Crippen LogP) is 5.16. The maximum absolute atomic E-state index is 13.5. The summed E-state index contributed by atoms with van der Waals surface area (Å²) >= 11 is 0. The van der Waals surface area contributed by atoms with Crippen LogP contribution in [0.2, 0.25) is 39.3 Å². The highest BCUT2D eigenvalue weighted by atomic mass is 28.4. The monoisotopic (exact) mass is 478 g/mol. The van der Waals surface area contributed by atoms with Crippen molar-refractivity contribution in [1.29, 1.82) is 0 Å². The Morgan fingerprint density at radius 2 is 1.72 bits per heavy atom. The summed E-state index contributed by atoms with van der Waals surface area (Å²) in [7, 11) is -3.60. The lowest BCUT2D eigenvalue weighted by Gasteiger charge is -2.47. The van der Waals surface area contributed by atoms with Crippen LogP contribution in [0, 0.1) is 34.5 Å². The van der Waals surface area contributed by atoms with E-state index in [2.05, 4.69) is 53.1 Å². The number of ether oxygens (including phenoxy) is 1. The average Bonchev–Trinajstić information content (AvgIpc) is 3.06. The average molecular weight is 479 g/mol. The normalized spacial score (nSPS) is 51.9. The standard InChI is InChI=1S/C25H42O5Si2/c1-22(30-32(6,7)8)15-24-13-16(22)9-10-18(24)25-12-11-19(29-31(3,4)5)23(2,21(27)28-25)20(25)17(24)14-26/h14,16-20H,9-13,15H2,1-8H3/t16-,17+,18?,19+,20?,22-,23?,24+,25-/m1/s1. The molecular weight excluding hydrogens is 436 g/mol. The molecule has 5 aliphatic rings. The van der Waals surface area contributed by atoms with Crippen LogP contribution in [0.5, 0.6) is 0 Å². The van der Waals surface area contributed by atoms with Crippen molar-refractivity contribution in [2.75, 3.05) is 0 Å². The van der Waals surface area contributed by atoms with E-state index in [4.69, 9.17) is 13.6 Å². The maximum atomic E-state index is 13.5. The molecule has 7 heteroatoms. The van der Waals surface area contributed by atoms with E-state index in [0.29, 0.717) is 5.92 Å². The molecule has 4 bridgehead atoms. The van der Waals surface area contributed by atoms with Crippen molar-refractivity contribution in [3.8, 4) is 0 Å². The van der Waals surface area contributed by atoms with Crippen LogP contribution in [0.25, 0.3) is 0 Å². The molecule has 5 nitrogen and oxygen atoms in total. The van der Waals surface area contributed by atoms with Crippen molar-refractivity contribution in [3.63, 3.8) is 0 Å². The van der Waals surface area contributed by atoms with E-state index < -0.39 is 27.7 Å². The molecule has 0 aromatic carbocycles. The highest BCUT2D eigenvalue weighted by molar-refractivity contribution is 6.70. The first-order chi connectivity index (χ1) is 14.6. The molecule has 1 heterocycles. The number of carbonyl (C=O) groups is 2. The molecule has 4 saturated carbocycles. The first-order valence-electron chi connectivity index (χ1n) is 12.7. The lowest BCUT2D eigenvalue weighted by Crippen LogP contribution is -2.55. The van der Waals surface area contributed by atoms with Gasteiger partial charge in [0.05, 0.1) is 17.1 Å². The van der Waals surface area contributed by atoms with Gasteiger partial charge in [-0.1, -0.05) is 0 Å². The number of rotatable bonds is 5. The summed E-state index contributed by atoms with van der Waals surface area (Å²) in [5.74, 6) is 0.392. The summed E-state index contributed by atoms with van der Waals surface area (Å²) in [5.41, 5.74) is -1.51. The van der Waals surface area contributed by atoms with Crippen LogP contribution in [0.3, 0.4) is 0 Å². The van der Waals surface area contributed by atoms with Gasteiger partial charge in [0.2, 0.25) is 0 Å². The van der Waals surface area contributed by atoms with Crippen LogP contribution in [-0.2, 0) is 23.2 Å². The van der Waals surface area contributed by atoms with E-state index in [-0.39, 0.29) is 40.8 Å². The minimum atomic E-state index is -1.86.